The molecule has 0 fully saturated rings. The molecule has 0 atom stereocenters. The van der Waals surface area contributed by atoms with E-state index in [0.717, 1.165) is 17.2 Å². The van der Waals surface area contributed by atoms with E-state index < -0.39 is 28.5 Å². The molecule has 154 valence electrons. The van der Waals surface area contributed by atoms with E-state index in [1.165, 1.54) is 12.1 Å². The van der Waals surface area contributed by atoms with Crippen molar-refractivity contribution in [2.24, 2.45) is 5.14 Å². The van der Waals surface area contributed by atoms with Crippen LogP contribution in [-0.4, -0.2) is 26.9 Å². The normalized spacial score (nSPS) is 11.0. The first-order valence-corrected chi connectivity index (χ1v) is 10.6. The second-order valence-corrected chi connectivity index (χ2v) is 8.12. The van der Waals surface area contributed by atoms with E-state index in [0.29, 0.717) is 11.3 Å². The molecule has 1 amide bonds. The lowest BCUT2D eigenvalue weighted by atomic mass is 10.0. The second kappa shape index (κ2) is 8.89. The van der Waals surface area contributed by atoms with Gasteiger partial charge in [-0.2, -0.15) is 0 Å². The number of primary sulfonamides is 1. The Hall–Kier alpha value is -3.49. The van der Waals surface area contributed by atoms with Crippen LogP contribution in [0.3, 0.4) is 0 Å². The molecule has 30 heavy (non-hydrogen) atoms. The summed E-state index contributed by atoms with van der Waals surface area (Å²) in [7, 11) is -3.97. The number of benzene rings is 3. The van der Waals surface area contributed by atoms with Gasteiger partial charge in [-0.25, -0.2) is 18.4 Å². The highest BCUT2D eigenvalue weighted by molar-refractivity contribution is 7.89. The quantitative estimate of drug-likeness (QED) is 0.590. The number of amides is 1. The van der Waals surface area contributed by atoms with Gasteiger partial charge in [-0.15, -0.1) is 0 Å². The van der Waals surface area contributed by atoms with E-state index in [9.17, 15) is 18.0 Å². The Bertz CT molecular complexity index is 1190. The third-order valence-corrected chi connectivity index (χ3v) is 5.29. The number of aryl methyl sites for hydroxylation is 1. The van der Waals surface area contributed by atoms with Gasteiger partial charge in [-0.05, 0) is 36.2 Å². The third kappa shape index (κ3) is 5.11. The van der Waals surface area contributed by atoms with E-state index in [4.69, 9.17) is 9.88 Å². The number of rotatable bonds is 6. The van der Waals surface area contributed by atoms with E-state index in [2.05, 4.69) is 5.32 Å². The molecule has 0 heterocycles. The molecular weight excluding hydrogens is 404 g/mol. The predicted molar refractivity (Wildman–Crippen MR) is 113 cm³/mol. The molecule has 3 rings (SSSR count). The fourth-order valence-corrected chi connectivity index (χ4v) is 3.39. The van der Waals surface area contributed by atoms with Crippen molar-refractivity contribution in [3.05, 3.63) is 83.9 Å². The third-order valence-electron chi connectivity index (χ3n) is 4.38. The fraction of sp³-hybridized carbons (Fsp3) is 0.0909. The molecule has 0 aliphatic heterocycles. The average Bonchev–Trinajstić information content (AvgIpc) is 2.72. The van der Waals surface area contributed by atoms with Crippen LogP contribution in [0, 0.1) is 6.92 Å². The van der Waals surface area contributed by atoms with E-state index in [1.807, 2.05) is 42.5 Å². The highest BCUT2D eigenvalue weighted by Gasteiger charge is 2.17. The maximum atomic E-state index is 12.4. The Morgan fingerprint density at radius 1 is 0.967 bits per heavy atom. The predicted octanol–water partition coefficient (Wildman–Crippen LogP) is 3.10. The number of esters is 1. The van der Waals surface area contributed by atoms with Gasteiger partial charge in [0.1, 0.15) is 0 Å². The van der Waals surface area contributed by atoms with Crippen molar-refractivity contribution in [3.8, 4) is 11.1 Å². The SMILES string of the molecule is Cc1ccc(S(N)(=O)=O)cc1C(=O)OCC(=O)Nc1ccccc1-c1ccccc1. The maximum Gasteiger partial charge on any atom is 0.338 e. The fourth-order valence-electron chi connectivity index (χ4n) is 2.85. The summed E-state index contributed by atoms with van der Waals surface area (Å²) in [6.07, 6.45) is 0. The number of hydrogen-bond acceptors (Lipinski definition) is 5. The van der Waals surface area contributed by atoms with Crippen molar-refractivity contribution in [2.45, 2.75) is 11.8 Å². The number of nitrogens with one attached hydrogen (secondary N) is 1. The number of sulfonamides is 1. The van der Waals surface area contributed by atoms with Gasteiger partial charge < -0.3 is 10.1 Å². The number of ether oxygens (including phenoxy) is 1. The molecule has 3 aromatic rings. The van der Waals surface area contributed by atoms with Crippen molar-refractivity contribution in [2.75, 3.05) is 11.9 Å². The Kier molecular flexibility index (Phi) is 6.29. The largest absolute Gasteiger partial charge is 0.452 e. The highest BCUT2D eigenvalue weighted by atomic mass is 32.2. The number of para-hydroxylation sites is 1. The summed E-state index contributed by atoms with van der Waals surface area (Å²) >= 11 is 0. The molecular formula is C22H20N2O5S. The van der Waals surface area contributed by atoms with Crippen molar-refractivity contribution in [1.29, 1.82) is 0 Å². The van der Waals surface area contributed by atoms with Crippen LogP contribution in [-0.2, 0) is 19.6 Å². The van der Waals surface area contributed by atoms with Crippen LogP contribution in [0.2, 0.25) is 0 Å². The van der Waals surface area contributed by atoms with Gasteiger partial charge in [-0.1, -0.05) is 54.6 Å². The summed E-state index contributed by atoms with van der Waals surface area (Å²) in [6.45, 7) is 1.10. The lowest BCUT2D eigenvalue weighted by molar-refractivity contribution is -0.119. The molecule has 0 saturated heterocycles. The molecule has 8 heteroatoms. The molecule has 0 spiro atoms. The molecule has 7 nitrogen and oxygen atoms in total. The number of carbonyl (C=O) groups excluding carboxylic acids is 2. The topological polar surface area (TPSA) is 116 Å². The molecule has 0 aliphatic rings. The Morgan fingerprint density at radius 2 is 1.63 bits per heavy atom. The van der Waals surface area contributed by atoms with E-state index in [-0.39, 0.29) is 10.5 Å². The van der Waals surface area contributed by atoms with E-state index >= 15 is 0 Å². The molecule has 3 aromatic carbocycles. The summed E-state index contributed by atoms with van der Waals surface area (Å²) < 4.78 is 28.1. The number of nitrogens with two attached hydrogens (primary N) is 1. The Balaban J connectivity index is 1.70. The maximum absolute atomic E-state index is 12.4. The smallest absolute Gasteiger partial charge is 0.338 e. The first kappa shape index (κ1) is 21.2. The zero-order chi connectivity index (χ0) is 21.7. The minimum atomic E-state index is -3.97. The van der Waals surface area contributed by atoms with Crippen molar-refractivity contribution in [3.63, 3.8) is 0 Å². The summed E-state index contributed by atoms with van der Waals surface area (Å²) in [6, 6.07) is 20.7. The van der Waals surface area contributed by atoms with Gasteiger partial charge in [0.2, 0.25) is 10.0 Å². The van der Waals surface area contributed by atoms with Gasteiger partial charge in [0.15, 0.2) is 6.61 Å². The molecule has 0 saturated carbocycles. The minimum absolute atomic E-state index is 0.0269. The summed E-state index contributed by atoms with van der Waals surface area (Å²) in [5, 5.41) is 7.84. The van der Waals surface area contributed by atoms with Gasteiger partial charge in [0, 0.05) is 11.3 Å². The van der Waals surface area contributed by atoms with Gasteiger partial charge in [0.25, 0.3) is 5.91 Å². The first-order valence-electron chi connectivity index (χ1n) is 9.00. The highest BCUT2D eigenvalue weighted by Crippen LogP contribution is 2.27. The average molecular weight is 424 g/mol. The lowest BCUT2D eigenvalue weighted by Gasteiger charge is -2.12. The van der Waals surface area contributed by atoms with Crippen LogP contribution in [0.5, 0.6) is 0 Å². The summed E-state index contributed by atoms with van der Waals surface area (Å²) in [5.74, 6) is -1.34. The summed E-state index contributed by atoms with van der Waals surface area (Å²) in [5.41, 5.74) is 2.87. The Morgan fingerprint density at radius 3 is 2.33 bits per heavy atom. The zero-order valence-electron chi connectivity index (χ0n) is 16.2. The molecule has 0 aliphatic carbocycles. The van der Waals surface area contributed by atoms with Crippen molar-refractivity contribution < 1.29 is 22.7 Å². The molecule has 3 N–H and O–H groups in total. The molecule has 0 unspecified atom stereocenters. The van der Waals surface area contributed by atoms with Crippen LogP contribution >= 0.6 is 0 Å². The van der Waals surface area contributed by atoms with Crippen LogP contribution < -0.4 is 10.5 Å². The minimum Gasteiger partial charge on any atom is -0.452 e. The molecule has 0 bridgehead atoms. The lowest BCUT2D eigenvalue weighted by Crippen LogP contribution is -2.22. The number of anilines is 1. The monoisotopic (exact) mass is 424 g/mol. The Labute approximate surface area is 174 Å². The van der Waals surface area contributed by atoms with Crippen molar-refractivity contribution in [1.82, 2.24) is 0 Å². The van der Waals surface area contributed by atoms with Crippen LogP contribution in [0.1, 0.15) is 15.9 Å². The van der Waals surface area contributed by atoms with Crippen LogP contribution in [0.25, 0.3) is 11.1 Å². The van der Waals surface area contributed by atoms with Gasteiger partial charge >= 0.3 is 5.97 Å². The molecule has 0 radical (unpaired) electrons. The van der Waals surface area contributed by atoms with E-state index in [1.54, 1.807) is 19.1 Å². The van der Waals surface area contributed by atoms with Gasteiger partial charge in [0.05, 0.1) is 10.5 Å². The van der Waals surface area contributed by atoms with Crippen molar-refractivity contribution >= 4 is 27.6 Å². The number of hydrogen-bond donors (Lipinski definition) is 2. The van der Waals surface area contributed by atoms with Crippen LogP contribution in [0.15, 0.2) is 77.7 Å². The van der Waals surface area contributed by atoms with Crippen LogP contribution in [0.4, 0.5) is 5.69 Å². The standard InChI is InChI=1S/C22H20N2O5S/c1-15-11-12-17(30(23,27)28)13-19(15)22(26)29-14-21(25)24-20-10-6-5-9-18(20)16-7-3-2-4-8-16/h2-13H,14H2,1H3,(H,24,25)(H2,23,27,28). The zero-order valence-corrected chi connectivity index (χ0v) is 17.0. The second-order valence-electron chi connectivity index (χ2n) is 6.56. The number of carbonyl (C=O) groups is 2. The summed E-state index contributed by atoms with van der Waals surface area (Å²) in [4.78, 5) is 24.5. The molecule has 0 aromatic heterocycles. The van der Waals surface area contributed by atoms with Gasteiger partial charge in [-0.3, -0.25) is 4.79 Å². The first-order chi connectivity index (χ1) is 14.3.